The molecule has 1 aliphatic rings. The number of aromatic nitrogens is 1. The summed E-state index contributed by atoms with van der Waals surface area (Å²) in [5.74, 6) is 0.664. The van der Waals surface area contributed by atoms with Crippen LogP contribution in [0.5, 0.6) is 0 Å². The van der Waals surface area contributed by atoms with E-state index in [1.165, 1.54) is 11.8 Å². The van der Waals surface area contributed by atoms with E-state index in [9.17, 15) is 4.79 Å². The van der Waals surface area contributed by atoms with Crippen molar-refractivity contribution >= 4 is 28.7 Å². The summed E-state index contributed by atoms with van der Waals surface area (Å²) in [6.45, 7) is 1.95. The molecule has 2 heterocycles. The van der Waals surface area contributed by atoms with Crippen LogP contribution in [-0.4, -0.2) is 21.3 Å². The Morgan fingerprint density at radius 3 is 2.81 bits per heavy atom. The molecule has 1 amide bonds. The van der Waals surface area contributed by atoms with E-state index < -0.39 is 0 Å². The van der Waals surface area contributed by atoms with Crippen LogP contribution in [0.1, 0.15) is 11.1 Å². The molecular weight excluding hydrogens is 282 g/mol. The second-order valence-electron chi connectivity index (χ2n) is 4.85. The van der Waals surface area contributed by atoms with Gasteiger partial charge < -0.3 is 5.32 Å². The Morgan fingerprint density at radius 2 is 2.05 bits per heavy atom. The van der Waals surface area contributed by atoms with Crippen molar-refractivity contribution in [2.75, 3.05) is 0 Å². The van der Waals surface area contributed by atoms with Gasteiger partial charge in [-0.2, -0.15) is 0 Å². The minimum atomic E-state index is -0.129. The fourth-order valence-corrected chi connectivity index (χ4v) is 3.12. The molecular formula is C16H15N3OS. The van der Waals surface area contributed by atoms with Crippen molar-refractivity contribution < 1.29 is 4.79 Å². The summed E-state index contributed by atoms with van der Waals surface area (Å²) >= 11 is 1.47. The lowest BCUT2D eigenvalue weighted by Gasteiger charge is -2.04. The minimum absolute atomic E-state index is 0.0104. The van der Waals surface area contributed by atoms with E-state index in [0.717, 1.165) is 11.1 Å². The largest absolute Gasteiger partial charge is 0.304 e. The van der Waals surface area contributed by atoms with Crippen LogP contribution in [0.2, 0.25) is 0 Å². The van der Waals surface area contributed by atoms with Crippen molar-refractivity contribution in [2.45, 2.75) is 18.6 Å². The van der Waals surface area contributed by atoms with Gasteiger partial charge in [-0.1, -0.05) is 48.2 Å². The molecule has 1 aliphatic heterocycles. The maximum absolute atomic E-state index is 12.0. The molecule has 1 aromatic carbocycles. The predicted molar refractivity (Wildman–Crippen MR) is 85.7 cm³/mol. The molecule has 2 aromatic rings. The van der Waals surface area contributed by atoms with Gasteiger partial charge in [-0.15, -0.1) is 0 Å². The number of nitrogens with zero attached hydrogens (tertiary/aromatic N) is 2. The smallest absolute Gasteiger partial charge is 0.239 e. The van der Waals surface area contributed by atoms with Gasteiger partial charge in [0.1, 0.15) is 0 Å². The average molecular weight is 297 g/mol. The van der Waals surface area contributed by atoms with Crippen molar-refractivity contribution in [2.24, 2.45) is 4.99 Å². The zero-order valence-corrected chi connectivity index (χ0v) is 12.4. The highest BCUT2D eigenvalue weighted by Crippen LogP contribution is 2.25. The third-order valence-electron chi connectivity index (χ3n) is 3.23. The number of thioether (sulfide) groups is 1. The van der Waals surface area contributed by atoms with E-state index in [4.69, 9.17) is 0 Å². The van der Waals surface area contributed by atoms with Crippen LogP contribution in [0.15, 0.2) is 53.7 Å². The highest BCUT2D eigenvalue weighted by atomic mass is 32.2. The number of benzene rings is 1. The molecule has 5 heteroatoms. The third-order valence-corrected chi connectivity index (χ3v) is 4.31. The number of aryl methyl sites for hydroxylation is 1. The van der Waals surface area contributed by atoms with Crippen LogP contribution >= 0.6 is 11.8 Å². The molecule has 1 aromatic heterocycles. The summed E-state index contributed by atoms with van der Waals surface area (Å²) in [5.41, 5.74) is 2.15. The van der Waals surface area contributed by atoms with Crippen LogP contribution in [0.25, 0.3) is 0 Å². The van der Waals surface area contributed by atoms with Gasteiger partial charge in [0, 0.05) is 6.20 Å². The Labute approximate surface area is 127 Å². The normalized spacial score (nSPS) is 19.8. The summed E-state index contributed by atoms with van der Waals surface area (Å²) in [7, 11) is 0. The van der Waals surface area contributed by atoms with Crippen LogP contribution in [0.4, 0.5) is 5.82 Å². The monoisotopic (exact) mass is 297 g/mol. The van der Waals surface area contributed by atoms with E-state index in [1.54, 1.807) is 6.20 Å². The number of aliphatic imine (C=N–C) groups is 1. The fraction of sp³-hybridized carbons (Fsp3) is 0.188. The molecule has 1 atom stereocenters. The second-order valence-corrected chi connectivity index (χ2v) is 6.04. The molecule has 1 unspecified atom stereocenters. The second kappa shape index (κ2) is 6.10. The molecule has 1 N–H and O–H groups in total. The number of hydrogen-bond acceptors (Lipinski definition) is 4. The molecule has 3 rings (SSSR count). The highest BCUT2D eigenvalue weighted by Gasteiger charge is 2.30. The zero-order chi connectivity index (χ0) is 14.7. The van der Waals surface area contributed by atoms with Crippen molar-refractivity contribution in [1.82, 2.24) is 10.3 Å². The first kappa shape index (κ1) is 13.8. The van der Waals surface area contributed by atoms with Crippen LogP contribution in [0.3, 0.4) is 0 Å². The Morgan fingerprint density at radius 1 is 1.24 bits per heavy atom. The predicted octanol–water partition coefficient (Wildman–Crippen LogP) is 2.85. The zero-order valence-electron chi connectivity index (χ0n) is 11.6. The number of hydrogen-bond donors (Lipinski definition) is 1. The van der Waals surface area contributed by atoms with Gasteiger partial charge in [-0.05, 0) is 30.5 Å². The van der Waals surface area contributed by atoms with Gasteiger partial charge in [0.25, 0.3) is 0 Å². The molecule has 1 saturated heterocycles. The number of amides is 1. The molecule has 0 aliphatic carbocycles. The number of pyridine rings is 1. The topological polar surface area (TPSA) is 54.4 Å². The van der Waals surface area contributed by atoms with Crippen LogP contribution in [0, 0.1) is 6.92 Å². The Kier molecular flexibility index (Phi) is 4.01. The van der Waals surface area contributed by atoms with Crippen molar-refractivity contribution in [3.8, 4) is 0 Å². The van der Waals surface area contributed by atoms with Crippen molar-refractivity contribution in [3.63, 3.8) is 0 Å². The molecule has 4 nitrogen and oxygen atoms in total. The lowest BCUT2D eigenvalue weighted by Crippen LogP contribution is -2.25. The molecule has 0 spiro atoms. The number of amidine groups is 1. The minimum Gasteiger partial charge on any atom is -0.304 e. The summed E-state index contributed by atoms with van der Waals surface area (Å²) in [6, 6.07) is 13.8. The van der Waals surface area contributed by atoms with Gasteiger partial charge in [0.15, 0.2) is 11.0 Å². The van der Waals surface area contributed by atoms with Gasteiger partial charge in [0.2, 0.25) is 5.91 Å². The highest BCUT2D eigenvalue weighted by molar-refractivity contribution is 8.15. The molecule has 0 bridgehead atoms. The number of carbonyl (C=O) groups excluding carboxylic acids is 1. The fourth-order valence-electron chi connectivity index (χ4n) is 2.11. The summed E-state index contributed by atoms with van der Waals surface area (Å²) < 4.78 is 0. The summed E-state index contributed by atoms with van der Waals surface area (Å²) in [5, 5.41) is 3.33. The molecule has 0 saturated carbocycles. The van der Waals surface area contributed by atoms with Crippen molar-refractivity contribution in [1.29, 1.82) is 0 Å². The van der Waals surface area contributed by atoms with Gasteiger partial charge in [-0.25, -0.2) is 9.98 Å². The molecule has 1 fully saturated rings. The first-order valence-electron chi connectivity index (χ1n) is 6.74. The Bertz CT molecular complexity index is 685. The van der Waals surface area contributed by atoms with Crippen LogP contribution < -0.4 is 5.32 Å². The van der Waals surface area contributed by atoms with E-state index >= 15 is 0 Å². The molecule has 21 heavy (non-hydrogen) atoms. The number of rotatable bonds is 3. The Balaban J connectivity index is 1.74. The van der Waals surface area contributed by atoms with Gasteiger partial charge in [-0.3, -0.25) is 4.79 Å². The third kappa shape index (κ3) is 3.31. The molecule has 106 valence electrons. The lowest BCUT2D eigenvalue weighted by molar-refractivity contribution is -0.118. The van der Waals surface area contributed by atoms with E-state index in [0.29, 0.717) is 17.4 Å². The van der Waals surface area contributed by atoms with Gasteiger partial charge in [0.05, 0.1) is 5.25 Å². The van der Waals surface area contributed by atoms with E-state index in [1.807, 2.05) is 49.4 Å². The maximum atomic E-state index is 12.0. The molecule has 0 radical (unpaired) electrons. The number of nitrogens with one attached hydrogen (secondary N) is 1. The summed E-state index contributed by atoms with van der Waals surface area (Å²) in [4.78, 5) is 20.7. The Hall–Kier alpha value is -2.14. The van der Waals surface area contributed by atoms with E-state index in [2.05, 4.69) is 15.3 Å². The van der Waals surface area contributed by atoms with Crippen molar-refractivity contribution in [3.05, 3.63) is 59.8 Å². The first-order valence-corrected chi connectivity index (χ1v) is 7.62. The summed E-state index contributed by atoms with van der Waals surface area (Å²) in [6.07, 6.45) is 2.41. The average Bonchev–Trinajstić information content (AvgIpc) is 2.82. The van der Waals surface area contributed by atoms with E-state index in [-0.39, 0.29) is 11.2 Å². The van der Waals surface area contributed by atoms with Crippen LogP contribution in [-0.2, 0) is 11.2 Å². The van der Waals surface area contributed by atoms with Gasteiger partial charge >= 0.3 is 0 Å². The quantitative estimate of drug-likeness (QED) is 0.948. The maximum Gasteiger partial charge on any atom is 0.239 e. The first-order chi connectivity index (χ1) is 10.2. The SMILES string of the molecule is Cc1cccnc1/N=C1/NC(=O)C(Cc2ccccc2)S1. The standard InChI is InChI=1S/C16H15N3OS/c1-11-6-5-9-17-14(11)18-16-19-15(20)13(21-16)10-12-7-3-2-4-8-12/h2-9,13H,10H2,1H3,(H,17,18,19,20). The number of carbonyl (C=O) groups is 1. The lowest BCUT2D eigenvalue weighted by atomic mass is 10.1.